The van der Waals surface area contributed by atoms with Crippen molar-refractivity contribution in [3.05, 3.63) is 90.8 Å². The molecule has 5 aromatic rings. The quantitative estimate of drug-likeness (QED) is 0.414. The summed E-state index contributed by atoms with van der Waals surface area (Å²) in [6, 6.07) is 20.7. The number of aromatic hydroxyl groups is 1. The van der Waals surface area contributed by atoms with Crippen LogP contribution in [0.15, 0.2) is 88.1 Å². The molecule has 2 aromatic carbocycles. The van der Waals surface area contributed by atoms with Crippen molar-refractivity contribution in [2.24, 2.45) is 0 Å². The molecule has 6 rings (SSSR count). The summed E-state index contributed by atoms with van der Waals surface area (Å²) in [6.45, 7) is 0. The van der Waals surface area contributed by atoms with Crippen molar-refractivity contribution in [3.63, 3.8) is 0 Å². The van der Waals surface area contributed by atoms with Gasteiger partial charge in [0.15, 0.2) is 5.76 Å². The van der Waals surface area contributed by atoms with Crippen molar-refractivity contribution in [1.29, 1.82) is 0 Å². The molecule has 1 aliphatic rings. The van der Waals surface area contributed by atoms with Crippen LogP contribution in [0.1, 0.15) is 24.5 Å². The van der Waals surface area contributed by atoms with E-state index in [1.807, 2.05) is 54.6 Å². The number of pyridine rings is 1. The van der Waals surface area contributed by atoms with Crippen LogP contribution in [0.3, 0.4) is 0 Å². The maximum absolute atomic E-state index is 9.70. The van der Waals surface area contributed by atoms with E-state index in [0.29, 0.717) is 23.2 Å². The van der Waals surface area contributed by atoms with Gasteiger partial charge in [-0.15, -0.1) is 10.2 Å². The maximum Gasteiger partial charge on any atom is 0.249 e. The summed E-state index contributed by atoms with van der Waals surface area (Å²) in [6.07, 6.45) is 5.05. The third-order valence-electron chi connectivity index (χ3n) is 5.82. The van der Waals surface area contributed by atoms with Crippen LogP contribution in [0.2, 0.25) is 0 Å². The van der Waals surface area contributed by atoms with Gasteiger partial charge >= 0.3 is 0 Å². The van der Waals surface area contributed by atoms with E-state index < -0.39 is 5.41 Å². The van der Waals surface area contributed by atoms with E-state index in [1.54, 1.807) is 24.5 Å². The van der Waals surface area contributed by atoms with E-state index in [1.165, 1.54) is 0 Å². The lowest BCUT2D eigenvalue weighted by molar-refractivity contribution is 0.345. The molecule has 1 saturated carbocycles. The largest absolute Gasteiger partial charge is 0.508 e. The fraction of sp³-hybridized carbons (Fsp3) is 0.120. The Morgan fingerprint density at radius 1 is 0.812 bits per heavy atom. The molecule has 3 heterocycles. The van der Waals surface area contributed by atoms with Crippen molar-refractivity contribution in [2.75, 3.05) is 0 Å². The molecule has 1 fully saturated rings. The van der Waals surface area contributed by atoms with Crippen molar-refractivity contribution in [3.8, 4) is 39.6 Å². The fourth-order valence-corrected chi connectivity index (χ4v) is 3.99. The molecule has 0 aliphatic heterocycles. The van der Waals surface area contributed by atoms with Crippen LogP contribution in [0.25, 0.3) is 33.8 Å². The lowest BCUT2D eigenvalue weighted by Crippen LogP contribution is -2.09. The molecule has 0 unspecified atom stereocenters. The second kappa shape index (κ2) is 7.16. The molecule has 0 atom stereocenters. The van der Waals surface area contributed by atoms with E-state index >= 15 is 0 Å². The minimum atomic E-state index is -0.513. The van der Waals surface area contributed by atoms with Crippen LogP contribution in [0.5, 0.6) is 5.75 Å². The first-order chi connectivity index (χ1) is 15.7. The van der Waals surface area contributed by atoms with Gasteiger partial charge in [-0.1, -0.05) is 35.5 Å². The normalized spacial score (nSPS) is 14.4. The van der Waals surface area contributed by atoms with Crippen molar-refractivity contribution < 1.29 is 14.0 Å². The van der Waals surface area contributed by atoms with Crippen molar-refractivity contribution in [1.82, 2.24) is 20.3 Å². The van der Waals surface area contributed by atoms with E-state index in [0.717, 1.165) is 35.1 Å². The molecule has 156 valence electrons. The highest BCUT2D eigenvalue weighted by Crippen LogP contribution is 2.57. The summed E-state index contributed by atoms with van der Waals surface area (Å²) in [5, 5.41) is 22.8. The number of nitrogens with zero attached hydrogens (tertiary/aromatic N) is 4. The van der Waals surface area contributed by atoms with Crippen LogP contribution in [-0.2, 0) is 5.41 Å². The average molecular weight is 422 g/mol. The van der Waals surface area contributed by atoms with Gasteiger partial charge in [-0.2, -0.15) is 0 Å². The topological polar surface area (TPSA) is 98.1 Å². The zero-order chi connectivity index (χ0) is 21.5. The molecule has 3 aromatic heterocycles. The van der Waals surface area contributed by atoms with Gasteiger partial charge in [0.05, 0.1) is 11.1 Å². The molecule has 1 aliphatic carbocycles. The van der Waals surface area contributed by atoms with E-state index in [4.69, 9.17) is 8.94 Å². The van der Waals surface area contributed by atoms with Crippen LogP contribution in [0.4, 0.5) is 0 Å². The molecule has 0 radical (unpaired) electrons. The third kappa shape index (κ3) is 2.98. The second-order valence-electron chi connectivity index (χ2n) is 7.88. The summed E-state index contributed by atoms with van der Waals surface area (Å²) in [5.41, 5.74) is 3.71. The number of rotatable bonds is 5. The van der Waals surface area contributed by atoms with Crippen molar-refractivity contribution in [2.45, 2.75) is 18.3 Å². The summed E-state index contributed by atoms with van der Waals surface area (Å²) < 4.78 is 12.1. The first kappa shape index (κ1) is 18.5. The number of benzene rings is 2. The van der Waals surface area contributed by atoms with Crippen LogP contribution < -0.4 is 0 Å². The first-order valence-electron chi connectivity index (χ1n) is 10.3. The van der Waals surface area contributed by atoms with Gasteiger partial charge in [0.1, 0.15) is 16.9 Å². The van der Waals surface area contributed by atoms with E-state index in [-0.39, 0.29) is 5.75 Å². The summed E-state index contributed by atoms with van der Waals surface area (Å²) in [4.78, 5) is 4.13. The molecule has 0 amide bonds. The molecule has 1 N–H and O–H groups in total. The summed E-state index contributed by atoms with van der Waals surface area (Å²) in [5.74, 6) is 1.86. The highest BCUT2D eigenvalue weighted by molar-refractivity contribution is 5.83. The predicted octanol–water partition coefficient (Wildman–Crippen LogP) is 5.24. The third-order valence-corrected chi connectivity index (χ3v) is 5.82. The number of phenolic OH excluding ortho intramolecular Hbond substituents is 1. The number of hydrogen-bond donors (Lipinski definition) is 1. The Kier molecular flexibility index (Phi) is 4.14. The van der Waals surface area contributed by atoms with Crippen LogP contribution in [0, 0.1) is 0 Å². The zero-order valence-corrected chi connectivity index (χ0v) is 17.0. The van der Waals surface area contributed by atoms with Gasteiger partial charge in [0, 0.05) is 18.0 Å². The van der Waals surface area contributed by atoms with Gasteiger partial charge in [0.25, 0.3) is 0 Å². The molecular weight excluding hydrogens is 404 g/mol. The van der Waals surface area contributed by atoms with Gasteiger partial charge < -0.3 is 14.0 Å². The fourth-order valence-electron chi connectivity index (χ4n) is 3.99. The number of hydrogen-bond acceptors (Lipinski definition) is 7. The van der Waals surface area contributed by atoms with Crippen LogP contribution in [-0.4, -0.2) is 25.4 Å². The van der Waals surface area contributed by atoms with Crippen molar-refractivity contribution >= 4 is 0 Å². The average Bonchev–Trinajstić information content (AvgIpc) is 3.29. The predicted molar refractivity (Wildman–Crippen MR) is 117 cm³/mol. The van der Waals surface area contributed by atoms with Gasteiger partial charge in [-0.05, 0) is 54.8 Å². The lowest BCUT2D eigenvalue weighted by Gasteiger charge is -2.10. The maximum atomic E-state index is 9.70. The lowest BCUT2D eigenvalue weighted by atomic mass is 9.92. The molecular formula is C25H18N4O3. The monoisotopic (exact) mass is 422 g/mol. The number of phenols is 1. The molecule has 7 nitrogen and oxygen atoms in total. The molecule has 7 heteroatoms. The minimum Gasteiger partial charge on any atom is -0.508 e. The smallest absolute Gasteiger partial charge is 0.249 e. The highest BCUT2D eigenvalue weighted by Gasteiger charge is 2.56. The second-order valence-corrected chi connectivity index (χ2v) is 7.88. The Hall–Kier alpha value is -4.26. The van der Waals surface area contributed by atoms with Crippen LogP contribution >= 0.6 is 0 Å². The van der Waals surface area contributed by atoms with Gasteiger partial charge in [0.2, 0.25) is 11.8 Å². The number of aromatic nitrogens is 4. The Morgan fingerprint density at radius 2 is 1.59 bits per heavy atom. The molecule has 0 spiro atoms. The van der Waals surface area contributed by atoms with Gasteiger partial charge in [-0.3, -0.25) is 4.98 Å². The molecule has 32 heavy (non-hydrogen) atoms. The Morgan fingerprint density at radius 3 is 2.31 bits per heavy atom. The Balaban J connectivity index is 1.49. The van der Waals surface area contributed by atoms with E-state index in [2.05, 4.69) is 20.3 Å². The Bertz CT molecular complexity index is 1370. The first-order valence-corrected chi connectivity index (χ1v) is 10.3. The summed E-state index contributed by atoms with van der Waals surface area (Å²) >= 11 is 0. The van der Waals surface area contributed by atoms with Gasteiger partial charge in [-0.25, -0.2) is 0 Å². The van der Waals surface area contributed by atoms with E-state index in [9.17, 15) is 5.11 Å². The zero-order valence-electron chi connectivity index (χ0n) is 17.0. The minimum absolute atomic E-state index is 0.200. The highest BCUT2D eigenvalue weighted by atomic mass is 16.5. The molecule has 0 bridgehead atoms. The SMILES string of the molecule is Oc1ccc(-c2noc(C3(c4nnc(-c5cccnc5)o4)CC3)c2-c2ccccc2)cc1. The standard InChI is InChI=1S/C25H18N4O3/c30-19-10-8-17(9-11-19)21-20(16-5-2-1-3-6-16)22(32-29-21)25(12-13-25)24-28-27-23(31-24)18-7-4-14-26-15-18/h1-11,14-15,30H,12-13H2. The summed E-state index contributed by atoms with van der Waals surface area (Å²) in [7, 11) is 0. The Labute approximate surface area is 183 Å². The molecule has 0 saturated heterocycles.